The molecule has 0 radical (unpaired) electrons. The van der Waals surface area contributed by atoms with E-state index in [1.807, 2.05) is 6.42 Å². The van der Waals surface area contributed by atoms with Crippen LogP contribution in [0.15, 0.2) is 0 Å². The van der Waals surface area contributed by atoms with Gasteiger partial charge in [0.1, 0.15) is 0 Å². The van der Waals surface area contributed by atoms with Crippen LogP contribution >= 0.6 is 0 Å². The Bertz CT molecular complexity index is 667. The van der Waals surface area contributed by atoms with Gasteiger partial charge in [0, 0.05) is 0 Å². The van der Waals surface area contributed by atoms with Gasteiger partial charge in [0.15, 0.2) is 0 Å². The molecule has 0 nitrogen and oxygen atoms in total. The van der Waals surface area contributed by atoms with E-state index in [2.05, 4.69) is 0 Å². The Morgan fingerprint density at radius 2 is 0.619 bits per heavy atom. The molecule has 0 aliphatic heterocycles. The van der Waals surface area contributed by atoms with Crippen molar-refractivity contribution < 1.29 is 0 Å². The average Bonchev–Trinajstić information content (AvgIpc) is 3.09. The van der Waals surface area contributed by atoms with Crippen molar-refractivity contribution in [3.8, 4) is 0 Å². The standard InChI is InChI=1S/C21H20/c1-20-16-10-4-2-3-6-8(4)14(16)18-12(6)13-7(3)9-5(2)11(10)17(20)15(9)19(13)21(1,18)20/h2-19H,1H2/t2?,3?,4-,5-,6-,7+,8?,9?,10-,11+,12+,13+,14?,15?,16-,17+,18+,19+,20?,21?/m1/s1. The zero-order valence-corrected chi connectivity index (χ0v) is 12.1. The van der Waals surface area contributed by atoms with E-state index in [1.54, 1.807) is 0 Å². The summed E-state index contributed by atoms with van der Waals surface area (Å²) in [5, 5.41) is 0. The molecular weight excluding hydrogens is 252 g/mol. The summed E-state index contributed by atoms with van der Waals surface area (Å²) in [6, 6.07) is 0. The lowest BCUT2D eigenvalue weighted by molar-refractivity contribution is 0.143. The third kappa shape index (κ3) is 0.345. The quantitative estimate of drug-likeness (QED) is 0.636. The molecule has 13 rings (SSSR count). The molecule has 13 aliphatic rings. The minimum Gasteiger partial charge on any atom is -0.0396 e. The summed E-state index contributed by atoms with van der Waals surface area (Å²) in [5.74, 6) is 24.1. The van der Waals surface area contributed by atoms with E-state index >= 15 is 0 Å². The maximum atomic E-state index is 1.81. The highest BCUT2D eigenvalue weighted by Gasteiger charge is 3.09. The highest BCUT2D eigenvalue weighted by molar-refractivity contribution is 5.55. The first-order valence-corrected chi connectivity index (χ1v) is 10.4. The van der Waals surface area contributed by atoms with Gasteiger partial charge in [-0.3, -0.25) is 0 Å². The molecule has 13 fully saturated rings. The fraction of sp³-hybridized carbons (Fsp3) is 1.00. The molecule has 0 aromatic carbocycles. The van der Waals surface area contributed by atoms with Crippen molar-refractivity contribution in [3.05, 3.63) is 0 Å². The van der Waals surface area contributed by atoms with Crippen molar-refractivity contribution in [1.82, 2.24) is 0 Å². The van der Waals surface area contributed by atoms with Gasteiger partial charge < -0.3 is 0 Å². The van der Waals surface area contributed by atoms with Crippen LogP contribution in [-0.2, 0) is 0 Å². The van der Waals surface area contributed by atoms with Crippen LogP contribution in [0.5, 0.6) is 0 Å². The van der Waals surface area contributed by atoms with Crippen LogP contribution in [0.2, 0.25) is 0 Å². The van der Waals surface area contributed by atoms with Crippen molar-refractivity contribution in [2.24, 2.45) is 117 Å². The Morgan fingerprint density at radius 1 is 0.333 bits per heavy atom. The molecule has 0 amide bonds. The molecule has 0 N–H and O–H groups in total. The predicted molar refractivity (Wildman–Crippen MR) is 72.3 cm³/mol. The van der Waals surface area contributed by atoms with E-state index in [0.717, 1.165) is 10.8 Å². The summed E-state index contributed by atoms with van der Waals surface area (Å²) < 4.78 is 0. The second-order valence-electron chi connectivity index (χ2n) is 12.4. The maximum Gasteiger partial charge on any atom is -0.0161 e. The van der Waals surface area contributed by atoms with Crippen molar-refractivity contribution in [3.63, 3.8) is 0 Å². The molecule has 0 aromatic heterocycles. The van der Waals surface area contributed by atoms with Crippen molar-refractivity contribution in [2.45, 2.75) is 6.42 Å². The maximum absolute atomic E-state index is 1.81. The largest absolute Gasteiger partial charge is 0.0396 e. The molecule has 20 atom stereocenters. The van der Waals surface area contributed by atoms with E-state index in [1.165, 1.54) is 107 Å². The zero-order chi connectivity index (χ0) is 12.1. The molecule has 21 heavy (non-hydrogen) atoms. The van der Waals surface area contributed by atoms with Gasteiger partial charge in [-0.25, -0.2) is 0 Å². The van der Waals surface area contributed by atoms with Crippen LogP contribution in [0.1, 0.15) is 6.42 Å². The smallest absolute Gasteiger partial charge is 0.0161 e. The van der Waals surface area contributed by atoms with E-state index in [0.29, 0.717) is 0 Å². The Hall–Kier alpha value is 0. The molecule has 0 aromatic rings. The molecule has 13 saturated carbocycles. The first-order chi connectivity index (χ1) is 10.4. The van der Waals surface area contributed by atoms with Gasteiger partial charge >= 0.3 is 0 Å². The molecule has 0 heteroatoms. The van der Waals surface area contributed by atoms with Gasteiger partial charge in [-0.1, -0.05) is 0 Å². The van der Waals surface area contributed by atoms with E-state index in [4.69, 9.17) is 0 Å². The first-order valence-electron chi connectivity index (χ1n) is 10.4. The van der Waals surface area contributed by atoms with Crippen molar-refractivity contribution in [1.29, 1.82) is 0 Å². The van der Waals surface area contributed by atoms with Crippen LogP contribution < -0.4 is 0 Å². The molecular formula is C21H20. The molecule has 8 unspecified atom stereocenters. The van der Waals surface area contributed by atoms with Crippen LogP contribution in [-0.4, -0.2) is 0 Å². The molecule has 104 valence electrons. The fourth-order valence-electron chi connectivity index (χ4n) is 16.9. The third-order valence-corrected chi connectivity index (χ3v) is 14.6. The normalized spacial score (nSPS) is 112. The van der Waals surface area contributed by atoms with E-state index < -0.39 is 0 Å². The fourth-order valence-corrected chi connectivity index (χ4v) is 16.9. The topological polar surface area (TPSA) is 0 Å². The average molecular weight is 272 g/mol. The van der Waals surface area contributed by atoms with Crippen molar-refractivity contribution >= 4 is 0 Å². The third-order valence-electron chi connectivity index (χ3n) is 14.6. The monoisotopic (exact) mass is 272 g/mol. The SMILES string of the molecule is C1C23[C@@H]4C5C6[C@@H]7C8C9[C@@H]%10C%11C([C@@H]2[C@@H]([C@@H]%118)[C@H]74)[C@H]2[C@H]%10[C@H]([C@H]96)[C@@H]5C123. The lowest BCUT2D eigenvalue weighted by atomic mass is 9.72. The molecule has 0 saturated heterocycles. The highest BCUT2D eigenvalue weighted by atomic mass is 15.1. The van der Waals surface area contributed by atoms with E-state index in [9.17, 15) is 0 Å². The summed E-state index contributed by atoms with van der Waals surface area (Å²) >= 11 is 0. The van der Waals surface area contributed by atoms with Crippen molar-refractivity contribution in [2.75, 3.05) is 0 Å². The van der Waals surface area contributed by atoms with Crippen LogP contribution in [0.3, 0.4) is 0 Å². The minimum atomic E-state index is 1.05. The summed E-state index contributed by atoms with van der Waals surface area (Å²) in [6.45, 7) is 0. The predicted octanol–water partition coefficient (Wildman–Crippen LogP) is 2.60. The van der Waals surface area contributed by atoms with Gasteiger partial charge in [-0.2, -0.15) is 0 Å². The number of rotatable bonds is 0. The van der Waals surface area contributed by atoms with Gasteiger partial charge in [0.25, 0.3) is 0 Å². The Balaban J connectivity index is 1.48. The highest BCUT2D eigenvalue weighted by Crippen LogP contribution is 3.12. The summed E-state index contributed by atoms with van der Waals surface area (Å²) in [5.41, 5.74) is 2.09. The van der Waals surface area contributed by atoms with Crippen LogP contribution in [0, 0.1) is 117 Å². The molecule has 0 bridgehead atoms. The Kier molecular flexibility index (Phi) is 0.628. The zero-order valence-electron chi connectivity index (χ0n) is 12.1. The minimum absolute atomic E-state index is 1.05. The number of hydrogen-bond acceptors (Lipinski definition) is 0. The van der Waals surface area contributed by atoms with Crippen LogP contribution in [0.25, 0.3) is 0 Å². The Morgan fingerprint density at radius 3 is 1.00 bits per heavy atom. The molecule has 13 aliphatic carbocycles. The molecule has 2 spiro atoms. The lowest BCUT2D eigenvalue weighted by Crippen LogP contribution is -2.29. The van der Waals surface area contributed by atoms with Gasteiger partial charge in [-0.15, -0.1) is 0 Å². The van der Waals surface area contributed by atoms with Crippen LogP contribution in [0.4, 0.5) is 0 Å². The summed E-state index contributed by atoms with van der Waals surface area (Å²) in [4.78, 5) is 0. The number of hydrogen-bond donors (Lipinski definition) is 0. The Labute approximate surface area is 124 Å². The summed E-state index contributed by atoms with van der Waals surface area (Å²) in [6.07, 6.45) is 1.81. The summed E-state index contributed by atoms with van der Waals surface area (Å²) in [7, 11) is 0. The second-order valence-corrected chi connectivity index (χ2v) is 12.4. The van der Waals surface area contributed by atoms with Gasteiger partial charge in [-0.05, 0) is 124 Å². The second kappa shape index (κ2) is 1.61. The van der Waals surface area contributed by atoms with Gasteiger partial charge in [0.2, 0.25) is 0 Å². The van der Waals surface area contributed by atoms with Gasteiger partial charge in [0.05, 0.1) is 0 Å². The molecule has 0 heterocycles. The van der Waals surface area contributed by atoms with E-state index in [-0.39, 0.29) is 0 Å². The lowest BCUT2D eigenvalue weighted by Gasteiger charge is -2.32. The first kappa shape index (κ1) is 8.20.